The zero-order valence-corrected chi connectivity index (χ0v) is 17.4. The molecule has 0 unspecified atom stereocenters. The van der Waals surface area contributed by atoms with Crippen LogP contribution >= 0.6 is 0 Å². The molecule has 0 bridgehead atoms. The molecule has 156 valence electrons. The number of rotatable bonds is 9. The SMILES string of the molecule is COc1cc(OC(=O)c2cccc(-c3ccccc3)c2C)ccc1CNCCCO. The van der Waals surface area contributed by atoms with Gasteiger partial charge in [-0.05, 0) is 48.7 Å². The molecule has 0 spiro atoms. The summed E-state index contributed by atoms with van der Waals surface area (Å²) >= 11 is 0. The van der Waals surface area contributed by atoms with Gasteiger partial charge in [0.2, 0.25) is 0 Å². The first-order chi connectivity index (χ1) is 14.6. The third-order valence-electron chi connectivity index (χ3n) is 4.93. The van der Waals surface area contributed by atoms with Crippen molar-refractivity contribution in [3.63, 3.8) is 0 Å². The largest absolute Gasteiger partial charge is 0.496 e. The number of methoxy groups -OCH3 is 1. The highest BCUT2D eigenvalue weighted by Gasteiger charge is 2.16. The Morgan fingerprint density at radius 2 is 1.83 bits per heavy atom. The Morgan fingerprint density at radius 3 is 2.57 bits per heavy atom. The van der Waals surface area contributed by atoms with Gasteiger partial charge in [-0.1, -0.05) is 48.5 Å². The predicted molar refractivity (Wildman–Crippen MR) is 118 cm³/mol. The van der Waals surface area contributed by atoms with Crippen LogP contribution in [-0.4, -0.2) is 31.3 Å². The molecule has 0 fully saturated rings. The number of carbonyl (C=O) groups is 1. The molecule has 3 rings (SSSR count). The van der Waals surface area contributed by atoms with Crippen LogP contribution in [0.1, 0.15) is 27.9 Å². The smallest absolute Gasteiger partial charge is 0.343 e. The molecule has 5 heteroatoms. The summed E-state index contributed by atoms with van der Waals surface area (Å²) in [7, 11) is 1.59. The number of carbonyl (C=O) groups excluding carboxylic acids is 1. The number of aliphatic hydroxyl groups is 1. The topological polar surface area (TPSA) is 67.8 Å². The summed E-state index contributed by atoms with van der Waals surface area (Å²) in [5.74, 6) is 0.674. The fourth-order valence-corrected chi connectivity index (χ4v) is 3.31. The number of nitrogens with one attached hydrogen (secondary N) is 1. The van der Waals surface area contributed by atoms with Gasteiger partial charge in [0.25, 0.3) is 0 Å². The molecule has 0 atom stereocenters. The first kappa shape index (κ1) is 21.6. The van der Waals surface area contributed by atoms with Crippen LogP contribution in [-0.2, 0) is 6.54 Å². The lowest BCUT2D eigenvalue weighted by atomic mass is 9.96. The van der Waals surface area contributed by atoms with Crippen LogP contribution in [0.2, 0.25) is 0 Å². The Kier molecular flexibility index (Phi) is 7.60. The number of hydrogen-bond acceptors (Lipinski definition) is 5. The van der Waals surface area contributed by atoms with Crippen LogP contribution < -0.4 is 14.8 Å². The van der Waals surface area contributed by atoms with Crippen LogP contribution in [0.3, 0.4) is 0 Å². The summed E-state index contributed by atoms with van der Waals surface area (Å²) in [5, 5.41) is 12.1. The van der Waals surface area contributed by atoms with Gasteiger partial charge < -0.3 is 19.9 Å². The molecular weight excluding hydrogens is 378 g/mol. The predicted octanol–water partition coefficient (Wildman–Crippen LogP) is 4.36. The average Bonchev–Trinajstić information content (AvgIpc) is 2.78. The minimum atomic E-state index is -0.402. The molecule has 0 aliphatic carbocycles. The fraction of sp³-hybridized carbons (Fsp3) is 0.240. The minimum absolute atomic E-state index is 0.157. The van der Waals surface area contributed by atoms with Crippen LogP contribution in [0.4, 0.5) is 0 Å². The Balaban J connectivity index is 1.76. The second-order valence-electron chi connectivity index (χ2n) is 6.96. The summed E-state index contributed by atoms with van der Waals surface area (Å²) < 4.78 is 11.1. The van der Waals surface area contributed by atoms with Crippen LogP contribution in [0.15, 0.2) is 66.7 Å². The van der Waals surface area contributed by atoms with Crippen molar-refractivity contribution >= 4 is 5.97 Å². The standard InChI is InChI=1S/C25H27NO4/c1-18-22(19-8-4-3-5-9-19)10-6-11-23(18)25(28)30-21-13-12-20(24(16-21)29-2)17-26-14-7-15-27/h3-6,8-13,16,26-27H,7,14-15,17H2,1-2H3. The van der Waals surface area contributed by atoms with Crippen molar-refractivity contribution in [1.82, 2.24) is 5.32 Å². The number of benzene rings is 3. The van der Waals surface area contributed by atoms with Gasteiger partial charge in [0.1, 0.15) is 11.5 Å². The monoisotopic (exact) mass is 405 g/mol. The molecule has 0 radical (unpaired) electrons. The van der Waals surface area contributed by atoms with E-state index in [0.717, 1.165) is 22.3 Å². The highest BCUT2D eigenvalue weighted by Crippen LogP contribution is 2.28. The van der Waals surface area contributed by atoms with Gasteiger partial charge >= 0.3 is 5.97 Å². The van der Waals surface area contributed by atoms with E-state index >= 15 is 0 Å². The molecule has 3 aromatic carbocycles. The lowest BCUT2D eigenvalue weighted by molar-refractivity contribution is 0.0733. The molecule has 0 amide bonds. The molecule has 0 aliphatic rings. The molecule has 0 saturated heterocycles. The van der Waals surface area contributed by atoms with Gasteiger partial charge in [-0.3, -0.25) is 0 Å². The quantitative estimate of drug-likeness (QED) is 0.314. The van der Waals surface area contributed by atoms with Crippen molar-refractivity contribution in [3.05, 3.63) is 83.4 Å². The molecule has 0 saturated carbocycles. The molecule has 3 aromatic rings. The summed E-state index contributed by atoms with van der Waals surface area (Å²) in [4.78, 5) is 12.8. The first-order valence-electron chi connectivity index (χ1n) is 9.99. The lowest BCUT2D eigenvalue weighted by Crippen LogP contribution is -2.16. The number of esters is 1. The normalized spacial score (nSPS) is 10.6. The van der Waals surface area contributed by atoms with Gasteiger partial charge in [-0.25, -0.2) is 4.79 Å². The molecule has 0 aromatic heterocycles. The van der Waals surface area contributed by atoms with Crippen molar-refractivity contribution in [2.75, 3.05) is 20.3 Å². The van der Waals surface area contributed by atoms with Crippen molar-refractivity contribution in [3.8, 4) is 22.6 Å². The Morgan fingerprint density at radius 1 is 1.03 bits per heavy atom. The third kappa shape index (κ3) is 5.26. The van der Waals surface area contributed by atoms with Gasteiger partial charge in [0, 0.05) is 24.8 Å². The molecule has 0 aliphatic heterocycles. The second-order valence-corrected chi connectivity index (χ2v) is 6.96. The molecule has 30 heavy (non-hydrogen) atoms. The molecule has 2 N–H and O–H groups in total. The molecule has 5 nitrogen and oxygen atoms in total. The van der Waals surface area contributed by atoms with Gasteiger partial charge in [-0.2, -0.15) is 0 Å². The minimum Gasteiger partial charge on any atom is -0.496 e. The molecule has 0 heterocycles. The van der Waals surface area contributed by atoms with Crippen molar-refractivity contribution < 1.29 is 19.4 Å². The maximum Gasteiger partial charge on any atom is 0.343 e. The van der Waals surface area contributed by atoms with E-state index in [1.165, 1.54) is 0 Å². The summed E-state index contributed by atoms with van der Waals surface area (Å²) in [6.07, 6.45) is 0.694. The van der Waals surface area contributed by atoms with Crippen molar-refractivity contribution in [2.45, 2.75) is 19.9 Å². The van der Waals surface area contributed by atoms with Gasteiger partial charge in [0.15, 0.2) is 0 Å². The number of aliphatic hydroxyl groups excluding tert-OH is 1. The van der Waals surface area contributed by atoms with Crippen LogP contribution in [0, 0.1) is 6.92 Å². The van der Waals surface area contributed by atoms with Crippen LogP contribution in [0.5, 0.6) is 11.5 Å². The van der Waals surface area contributed by atoms with E-state index in [0.29, 0.717) is 36.6 Å². The van der Waals surface area contributed by atoms with Gasteiger partial charge in [0.05, 0.1) is 12.7 Å². The fourth-order valence-electron chi connectivity index (χ4n) is 3.31. The summed E-state index contributed by atoms with van der Waals surface area (Å²) in [6.45, 7) is 3.41. The summed E-state index contributed by atoms with van der Waals surface area (Å²) in [5.41, 5.74) is 4.43. The highest BCUT2D eigenvalue weighted by molar-refractivity contribution is 5.94. The number of ether oxygens (including phenoxy) is 2. The maximum atomic E-state index is 12.8. The molecular formula is C25H27NO4. The van der Waals surface area contributed by atoms with E-state index in [1.54, 1.807) is 25.3 Å². The van der Waals surface area contributed by atoms with E-state index in [2.05, 4.69) is 5.32 Å². The van der Waals surface area contributed by atoms with E-state index in [4.69, 9.17) is 14.6 Å². The Bertz CT molecular complexity index is 986. The zero-order chi connectivity index (χ0) is 21.3. The van der Waals surface area contributed by atoms with E-state index in [9.17, 15) is 4.79 Å². The van der Waals surface area contributed by atoms with Gasteiger partial charge in [-0.15, -0.1) is 0 Å². The van der Waals surface area contributed by atoms with E-state index < -0.39 is 5.97 Å². The first-order valence-corrected chi connectivity index (χ1v) is 9.99. The third-order valence-corrected chi connectivity index (χ3v) is 4.93. The van der Waals surface area contributed by atoms with Crippen molar-refractivity contribution in [2.24, 2.45) is 0 Å². The Labute approximate surface area is 177 Å². The number of hydrogen-bond donors (Lipinski definition) is 2. The average molecular weight is 405 g/mol. The second kappa shape index (κ2) is 10.6. The zero-order valence-electron chi connectivity index (χ0n) is 17.4. The van der Waals surface area contributed by atoms with E-state index in [1.807, 2.05) is 55.5 Å². The lowest BCUT2D eigenvalue weighted by Gasteiger charge is -2.13. The van der Waals surface area contributed by atoms with E-state index in [-0.39, 0.29) is 6.61 Å². The highest BCUT2D eigenvalue weighted by atomic mass is 16.5. The Hall–Kier alpha value is -3.15. The van der Waals surface area contributed by atoms with Crippen LogP contribution in [0.25, 0.3) is 11.1 Å². The van der Waals surface area contributed by atoms with Crippen molar-refractivity contribution in [1.29, 1.82) is 0 Å². The maximum absolute atomic E-state index is 12.8. The summed E-state index contributed by atoms with van der Waals surface area (Å²) in [6, 6.07) is 21.0.